The smallest absolute Gasteiger partial charge is 0.258 e. The average Bonchev–Trinajstić information content (AvgIpc) is 3.66. The maximum absolute atomic E-state index is 13.4. The van der Waals surface area contributed by atoms with Crippen LogP contribution in [0, 0.1) is 5.92 Å². The number of likely N-dealkylation sites (tertiary alicyclic amines) is 1. The van der Waals surface area contributed by atoms with E-state index < -0.39 is 0 Å². The first-order chi connectivity index (χ1) is 18.1. The molecule has 6 rings (SSSR count). The van der Waals surface area contributed by atoms with Gasteiger partial charge in [0.2, 0.25) is 0 Å². The third-order valence-electron chi connectivity index (χ3n) is 6.81. The predicted molar refractivity (Wildman–Crippen MR) is 137 cm³/mol. The quantitative estimate of drug-likeness (QED) is 0.553. The summed E-state index contributed by atoms with van der Waals surface area (Å²) in [6.07, 6.45) is 2.10. The average molecular weight is 510 g/mol. The maximum atomic E-state index is 13.4. The molecule has 198 valence electrons. The fraction of sp³-hybridized carbons (Fsp3) is 0.500. The fourth-order valence-electron chi connectivity index (χ4n) is 4.51. The zero-order valence-electron chi connectivity index (χ0n) is 21.2. The second-order valence-electron chi connectivity index (χ2n) is 9.85. The van der Waals surface area contributed by atoms with Gasteiger partial charge in [0.25, 0.3) is 11.8 Å². The normalized spacial score (nSPS) is 22.3. The molecule has 0 unspecified atom stereocenters. The Morgan fingerprint density at radius 3 is 2.68 bits per heavy atom. The Balaban J connectivity index is 1.39. The summed E-state index contributed by atoms with van der Waals surface area (Å²) >= 11 is 0. The number of nitrogens with one attached hydrogen (secondary N) is 2. The fourth-order valence-corrected chi connectivity index (χ4v) is 4.51. The first-order valence-corrected chi connectivity index (χ1v) is 13.1. The topological polar surface area (TPSA) is 98.4 Å². The van der Waals surface area contributed by atoms with Crippen molar-refractivity contribution in [2.24, 2.45) is 5.92 Å². The highest BCUT2D eigenvalue weighted by Gasteiger charge is 2.36. The van der Waals surface area contributed by atoms with E-state index in [1.165, 1.54) is 0 Å². The van der Waals surface area contributed by atoms with E-state index >= 15 is 0 Å². The van der Waals surface area contributed by atoms with Crippen molar-refractivity contribution in [1.82, 2.24) is 15.5 Å². The number of rotatable bonds is 7. The second-order valence-corrected chi connectivity index (χ2v) is 9.85. The summed E-state index contributed by atoms with van der Waals surface area (Å²) in [4.78, 5) is 28.0. The lowest BCUT2D eigenvalue weighted by molar-refractivity contribution is -0.123. The van der Waals surface area contributed by atoms with Crippen molar-refractivity contribution in [3.05, 3.63) is 53.6 Å². The van der Waals surface area contributed by atoms with Crippen molar-refractivity contribution in [1.29, 1.82) is 0 Å². The van der Waals surface area contributed by atoms with Crippen LogP contribution in [0.2, 0.25) is 0 Å². The van der Waals surface area contributed by atoms with Crippen molar-refractivity contribution in [2.75, 3.05) is 46.1 Å². The lowest BCUT2D eigenvalue weighted by Gasteiger charge is -2.22. The second kappa shape index (κ2) is 11.8. The monoisotopic (exact) mass is 509 g/mol. The number of fused-ring (bicyclic) bond motifs is 7. The Labute approximate surface area is 217 Å². The number of hydrogen-bond donors (Lipinski definition) is 2. The molecule has 0 radical (unpaired) electrons. The van der Waals surface area contributed by atoms with Crippen LogP contribution in [0.5, 0.6) is 17.2 Å². The number of amides is 2. The first-order valence-electron chi connectivity index (χ1n) is 13.1. The lowest BCUT2D eigenvalue weighted by Crippen LogP contribution is -2.45. The number of carbonyl (C=O) groups is 2. The minimum atomic E-state index is -0.248. The van der Waals surface area contributed by atoms with Crippen molar-refractivity contribution in [3.8, 4) is 17.2 Å². The molecule has 1 saturated carbocycles. The molecule has 37 heavy (non-hydrogen) atoms. The number of ether oxygens (including phenoxy) is 4. The van der Waals surface area contributed by atoms with Gasteiger partial charge in [-0.1, -0.05) is 12.1 Å². The van der Waals surface area contributed by atoms with E-state index in [1.54, 1.807) is 18.2 Å². The van der Waals surface area contributed by atoms with Gasteiger partial charge in [-0.15, -0.1) is 0 Å². The summed E-state index contributed by atoms with van der Waals surface area (Å²) in [5.74, 6) is 1.77. The number of nitrogens with zero attached hydrogens (tertiary/aromatic N) is 1. The predicted octanol–water partition coefficient (Wildman–Crippen LogP) is 2.38. The highest BCUT2D eigenvalue weighted by molar-refractivity contribution is 5.95. The maximum Gasteiger partial charge on any atom is 0.258 e. The molecule has 3 heterocycles. The van der Waals surface area contributed by atoms with E-state index in [9.17, 15) is 9.59 Å². The Hall–Kier alpha value is -3.30. The Bertz CT molecular complexity index is 1090. The van der Waals surface area contributed by atoms with Crippen LogP contribution in [0.1, 0.15) is 35.7 Å². The lowest BCUT2D eigenvalue weighted by atomic mass is 10.1. The number of carbonyl (C=O) groups excluding carboxylic acids is 2. The highest BCUT2D eigenvalue weighted by Crippen LogP contribution is 2.31. The summed E-state index contributed by atoms with van der Waals surface area (Å²) in [6.45, 7) is 6.21. The van der Waals surface area contributed by atoms with Crippen molar-refractivity contribution in [2.45, 2.75) is 38.5 Å². The van der Waals surface area contributed by atoms with Crippen LogP contribution in [0.4, 0.5) is 0 Å². The summed E-state index contributed by atoms with van der Waals surface area (Å²) < 4.78 is 23.6. The van der Waals surface area contributed by atoms with E-state index in [1.807, 2.05) is 31.2 Å². The molecule has 4 bridgehead atoms. The van der Waals surface area contributed by atoms with Gasteiger partial charge in [-0.2, -0.15) is 0 Å². The number of benzene rings is 2. The van der Waals surface area contributed by atoms with Gasteiger partial charge >= 0.3 is 0 Å². The SMILES string of the molecule is CCOCCN1C[C@@H]2NC(=O)c3cc(cc(OCC4CC4)c3)OCC(=O)NCc3ccc(cc3)O[C@H]2C1. The molecule has 1 aliphatic carbocycles. The summed E-state index contributed by atoms with van der Waals surface area (Å²) in [6, 6.07) is 12.5. The number of hydrogen-bond acceptors (Lipinski definition) is 7. The van der Waals surface area contributed by atoms with Gasteiger partial charge in [0.1, 0.15) is 23.4 Å². The zero-order chi connectivity index (χ0) is 25.6. The molecule has 4 aliphatic rings. The van der Waals surface area contributed by atoms with Gasteiger partial charge in [-0.3, -0.25) is 14.5 Å². The van der Waals surface area contributed by atoms with Crippen molar-refractivity contribution in [3.63, 3.8) is 0 Å². The minimum Gasteiger partial charge on any atom is -0.493 e. The van der Waals surface area contributed by atoms with Crippen molar-refractivity contribution < 1.29 is 28.5 Å². The first kappa shape index (κ1) is 25.4. The van der Waals surface area contributed by atoms with Gasteiger partial charge in [0, 0.05) is 44.4 Å². The van der Waals surface area contributed by atoms with Crippen LogP contribution in [-0.2, 0) is 16.1 Å². The van der Waals surface area contributed by atoms with Gasteiger partial charge in [-0.25, -0.2) is 0 Å². The van der Waals surface area contributed by atoms with Crippen LogP contribution in [-0.4, -0.2) is 74.9 Å². The summed E-state index contributed by atoms with van der Waals surface area (Å²) in [5, 5.41) is 6.04. The zero-order valence-corrected chi connectivity index (χ0v) is 21.2. The molecule has 2 fully saturated rings. The van der Waals surface area contributed by atoms with Gasteiger partial charge in [0.05, 0.1) is 19.3 Å². The third kappa shape index (κ3) is 7.14. The molecule has 2 aromatic carbocycles. The molecular weight excluding hydrogens is 474 g/mol. The Morgan fingerprint density at radius 2 is 1.89 bits per heavy atom. The molecule has 2 aromatic rings. The third-order valence-corrected chi connectivity index (χ3v) is 6.81. The van der Waals surface area contributed by atoms with E-state index in [0.29, 0.717) is 62.4 Å². The molecule has 9 heteroatoms. The van der Waals surface area contributed by atoms with E-state index in [2.05, 4.69) is 15.5 Å². The highest BCUT2D eigenvalue weighted by atomic mass is 16.5. The van der Waals surface area contributed by atoms with E-state index in [4.69, 9.17) is 18.9 Å². The van der Waals surface area contributed by atoms with Gasteiger partial charge < -0.3 is 29.6 Å². The molecule has 0 spiro atoms. The minimum absolute atomic E-state index is 0.159. The van der Waals surface area contributed by atoms with Crippen LogP contribution in [0.3, 0.4) is 0 Å². The molecule has 3 aliphatic heterocycles. The standard InChI is InChI=1S/C28H35N3O6/c1-2-34-10-9-31-15-25-26(16-31)37-22-7-5-19(6-8-22)14-29-27(32)18-36-24-12-21(28(33)30-25)11-23(13-24)35-17-20-3-4-20/h5-8,11-13,20,25-26H,2-4,9-10,14-18H2,1H3,(H,29,32)(H,30,33)/t25-,26-/m0/s1. The van der Waals surface area contributed by atoms with Crippen molar-refractivity contribution >= 4 is 11.8 Å². The van der Waals surface area contributed by atoms with Crippen LogP contribution in [0.25, 0.3) is 0 Å². The molecule has 0 aromatic heterocycles. The van der Waals surface area contributed by atoms with Gasteiger partial charge in [-0.05, 0) is 55.5 Å². The molecule has 1 saturated heterocycles. The molecule has 9 nitrogen and oxygen atoms in total. The largest absolute Gasteiger partial charge is 0.493 e. The molecular formula is C28H35N3O6. The Kier molecular flexibility index (Phi) is 8.11. The molecule has 2 amide bonds. The molecule has 2 N–H and O–H groups in total. The van der Waals surface area contributed by atoms with Crippen LogP contribution >= 0.6 is 0 Å². The van der Waals surface area contributed by atoms with Crippen LogP contribution < -0.4 is 24.8 Å². The summed E-state index contributed by atoms with van der Waals surface area (Å²) in [5.41, 5.74) is 1.38. The van der Waals surface area contributed by atoms with E-state index in [-0.39, 0.29) is 30.6 Å². The van der Waals surface area contributed by atoms with Gasteiger partial charge in [0.15, 0.2) is 6.61 Å². The summed E-state index contributed by atoms with van der Waals surface area (Å²) in [7, 11) is 0. The molecule has 2 atom stereocenters. The van der Waals surface area contributed by atoms with E-state index in [0.717, 1.165) is 30.7 Å². The Morgan fingerprint density at radius 1 is 1.05 bits per heavy atom. The van der Waals surface area contributed by atoms with Crippen LogP contribution in [0.15, 0.2) is 42.5 Å².